The van der Waals surface area contributed by atoms with E-state index in [1.807, 2.05) is 18.2 Å². The minimum atomic E-state index is -1.08. The Bertz CT molecular complexity index is 880. The maximum absolute atomic E-state index is 13.2. The van der Waals surface area contributed by atoms with E-state index >= 15 is 0 Å². The lowest BCUT2D eigenvalue weighted by atomic mass is 9.92. The molecule has 154 valence electrons. The topological polar surface area (TPSA) is 65.1 Å². The van der Waals surface area contributed by atoms with E-state index in [0.29, 0.717) is 12.4 Å². The van der Waals surface area contributed by atoms with Gasteiger partial charge in [0, 0.05) is 32.7 Å². The number of benzene rings is 1. The first kappa shape index (κ1) is 19.9. The van der Waals surface area contributed by atoms with Gasteiger partial charge in [-0.25, -0.2) is 9.69 Å². The van der Waals surface area contributed by atoms with Crippen LogP contribution in [0.4, 0.5) is 4.79 Å². The summed E-state index contributed by atoms with van der Waals surface area (Å²) in [4.78, 5) is 31.7. The van der Waals surface area contributed by atoms with Crippen LogP contribution >= 0.6 is 11.3 Å². The highest BCUT2D eigenvalue weighted by Crippen LogP contribution is 2.31. The lowest BCUT2D eigenvalue weighted by Crippen LogP contribution is -2.51. The largest absolute Gasteiger partial charge is 0.497 e. The van der Waals surface area contributed by atoms with Gasteiger partial charge in [-0.3, -0.25) is 14.6 Å². The van der Waals surface area contributed by atoms with Gasteiger partial charge in [0.05, 0.1) is 13.8 Å². The number of amides is 3. The molecule has 1 atom stereocenters. The molecule has 29 heavy (non-hydrogen) atoms. The Morgan fingerprint density at radius 2 is 1.90 bits per heavy atom. The van der Waals surface area contributed by atoms with Crippen LogP contribution in [0.2, 0.25) is 0 Å². The summed E-state index contributed by atoms with van der Waals surface area (Å²) in [5, 5.41) is 7.15. The Balaban J connectivity index is 1.38. The van der Waals surface area contributed by atoms with E-state index in [9.17, 15) is 9.59 Å². The molecular weight excluding hydrogens is 388 g/mol. The molecule has 0 saturated carbocycles. The van der Waals surface area contributed by atoms with Gasteiger partial charge in [0.2, 0.25) is 0 Å². The van der Waals surface area contributed by atoms with E-state index in [0.717, 1.165) is 38.3 Å². The molecule has 2 aromatic rings. The molecule has 0 aliphatic carbocycles. The van der Waals surface area contributed by atoms with E-state index < -0.39 is 5.54 Å². The van der Waals surface area contributed by atoms with Crippen LogP contribution in [-0.4, -0.2) is 66.6 Å². The summed E-state index contributed by atoms with van der Waals surface area (Å²) in [6, 6.07) is 9.10. The molecule has 1 aromatic heterocycles. The molecule has 7 nitrogen and oxygen atoms in total. The number of methoxy groups -OCH3 is 1. The van der Waals surface area contributed by atoms with Gasteiger partial charge in [-0.05, 0) is 47.0 Å². The van der Waals surface area contributed by atoms with E-state index in [1.165, 1.54) is 10.5 Å². The van der Waals surface area contributed by atoms with Gasteiger partial charge < -0.3 is 10.1 Å². The van der Waals surface area contributed by atoms with Gasteiger partial charge in [0.15, 0.2) is 0 Å². The Hall–Kier alpha value is -2.42. The van der Waals surface area contributed by atoms with Crippen LogP contribution in [-0.2, 0) is 16.9 Å². The smallest absolute Gasteiger partial charge is 0.326 e. The summed E-state index contributed by atoms with van der Waals surface area (Å²) in [5.41, 5.74) is 0.983. The van der Waals surface area contributed by atoms with E-state index in [4.69, 9.17) is 4.74 Å². The highest BCUT2D eigenvalue weighted by atomic mass is 32.1. The number of ether oxygens (including phenoxy) is 1. The minimum Gasteiger partial charge on any atom is -0.497 e. The van der Waals surface area contributed by atoms with Crippen LogP contribution < -0.4 is 10.1 Å². The first-order valence-electron chi connectivity index (χ1n) is 9.74. The lowest BCUT2D eigenvalue weighted by molar-refractivity contribution is -0.132. The van der Waals surface area contributed by atoms with Gasteiger partial charge in [-0.15, -0.1) is 0 Å². The molecule has 8 heteroatoms. The van der Waals surface area contributed by atoms with Crippen molar-refractivity contribution in [2.75, 3.05) is 40.0 Å². The number of nitrogens with zero attached hydrogens (tertiary/aromatic N) is 3. The number of imide groups is 1. The molecule has 0 bridgehead atoms. The van der Waals surface area contributed by atoms with Crippen molar-refractivity contribution in [2.24, 2.45) is 0 Å². The molecule has 0 radical (unpaired) electrons. The zero-order valence-electron chi connectivity index (χ0n) is 16.8. The van der Waals surface area contributed by atoms with Crippen molar-refractivity contribution in [3.63, 3.8) is 0 Å². The molecular formula is C21H26N4O3S. The second-order valence-electron chi connectivity index (χ2n) is 7.69. The highest BCUT2D eigenvalue weighted by Gasteiger charge is 2.49. The fourth-order valence-electron chi connectivity index (χ4n) is 3.88. The predicted octanol–water partition coefficient (Wildman–Crippen LogP) is 2.30. The van der Waals surface area contributed by atoms with Crippen molar-refractivity contribution in [3.05, 3.63) is 52.2 Å². The fraction of sp³-hybridized carbons (Fsp3) is 0.429. The average Bonchev–Trinajstić information content (AvgIpc) is 3.32. The van der Waals surface area contributed by atoms with Crippen molar-refractivity contribution >= 4 is 23.3 Å². The normalized spacial score (nSPS) is 23.4. The predicted molar refractivity (Wildman–Crippen MR) is 112 cm³/mol. The molecule has 0 spiro atoms. The van der Waals surface area contributed by atoms with Crippen molar-refractivity contribution in [1.29, 1.82) is 0 Å². The number of urea groups is 1. The molecule has 3 heterocycles. The number of thiophene rings is 1. The second-order valence-corrected chi connectivity index (χ2v) is 8.47. The lowest BCUT2D eigenvalue weighted by Gasteiger charge is -2.36. The van der Waals surface area contributed by atoms with Gasteiger partial charge in [0.25, 0.3) is 5.91 Å². The second kappa shape index (κ2) is 8.14. The first-order chi connectivity index (χ1) is 14.0. The zero-order valence-corrected chi connectivity index (χ0v) is 17.6. The third kappa shape index (κ3) is 4.01. The summed E-state index contributed by atoms with van der Waals surface area (Å²) in [5.74, 6) is 0.433. The van der Waals surface area contributed by atoms with Crippen molar-refractivity contribution in [3.8, 4) is 5.75 Å². The monoisotopic (exact) mass is 414 g/mol. The third-order valence-electron chi connectivity index (χ3n) is 5.71. The van der Waals surface area contributed by atoms with E-state index in [-0.39, 0.29) is 11.9 Å². The molecule has 2 fully saturated rings. The summed E-state index contributed by atoms with van der Waals surface area (Å²) in [6.45, 7) is 6.53. The number of hydrogen-bond acceptors (Lipinski definition) is 6. The Labute approximate surface area is 174 Å². The standard InChI is InChI=1S/C21H26N4O3S/c1-21(17-4-3-5-18(12-17)28-2)19(26)25(20(27)22-21)15-24-9-7-23(8-10-24)13-16-6-11-29-14-16/h3-6,11-12,14H,7-10,13,15H2,1-2H3,(H,22,27)/t21-/m0/s1. The molecule has 2 aliphatic heterocycles. The van der Waals surface area contributed by atoms with Gasteiger partial charge >= 0.3 is 6.03 Å². The van der Waals surface area contributed by atoms with Crippen molar-refractivity contribution < 1.29 is 14.3 Å². The van der Waals surface area contributed by atoms with Gasteiger partial charge in [0.1, 0.15) is 11.3 Å². The quantitative estimate of drug-likeness (QED) is 0.735. The summed E-state index contributed by atoms with van der Waals surface area (Å²) in [6.07, 6.45) is 0. The van der Waals surface area contributed by atoms with Gasteiger partial charge in [-0.2, -0.15) is 11.3 Å². The molecule has 2 saturated heterocycles. The number of hydrogen-bond donors (Lipinski definition) is 1. The molecule has 3 amide bonds. The fourth-order valence-corrected chi connectivity index (χ4v) is 4.54. The third-order valence-corrected chi connectivity index (χ3v) is 6.45. The number of carbonyl (C=O) groups is 2. The number of carbonyl (C=O) groups excluding carboxylic acids is 2. The van der Waals surface area contributed by atoms with E-state index in [1.54, 1.807) is 31.4 Å². The van der Waals surface area contributed by atoms with Gasteiger partial charge in [-0.1, -0.05) is 12.1 Å². The summed E-state index contributed by atoms with van der Waals surface area (Å²) >= 11 is 1.72. The SMILES string of the molecule is COc1cccc([C@]2(C)NC(=O)N(CN3CCN(Cc4ccsc4)CC3)C2=O)c1. The number of piperazine rings is 1. The van der Waals surface area contributed by atoms with Crippen LogP contribution in [0.15, 0.2) is 41.1 Å². The molecule has 4 rings (SSSR count). The van der Waals surface area contributed by atoms with Crippen LogP contribution in [0, 0.1) is 0 Å². The number of nitrogens with one attached hydrogen (secondary N) is 1. The van der Waals surface area contributed by atoms with E-state index in [2.05, 4.69) is 31.9 Å². The van der Waals surface area contributed by atoms with Crippen LogP contribution in [0.1, 0.15) is 18.1 Å². The Kier molecular flexibility index (Phi) is 5.58. The van der Waals surface area contributed by atoms with Crippen LogP contribution in [0.25, 0.3) is 0 Å². The van der Waals surface area contributed by atoms with Crippen LogP contribution in [0.3, 0.4) is 0 Å². The average molecular weight is 415 g/mol. The molecule has 0 unspecified atom stereocenters. The highest BCUT2D eigenvalue weighted by molar-refractivity contribution is 7.07. The van der Waals surface area contributed by atoms with Crippen LogP contribution in [0.5, 0.6) is 5.75 Å². The first-order valence-corrected chi connectivity index (χ1v) is 10.7. The zero-order chi connectivity index (χ0) is 20.4. The maximum atomic E-state index is 13.2. The minimum absolute atomic E-state index is 0.226. The Morgan fingerprint density at radius 1 is 1.14 bits per heavy atom. The Morgan fingerprint density at radius 3 is 2.59 bits per heavy atom. The summed E-state index contributed by atoms with van der Waals surface area (Å²) < 4.78 is 5.27. The maximum Gasteiger partial charge on any atom is 0.326 e. The molecule has 1 N–H and O–H groups in total. The molecule has 2 aliphatic rings. The summed E-state index contributed by atoms with van der Waals surface area (Å²) in [7, 11) is 1.58. The van der Waals surface area contributed by atoms with Crippen molar-refractivity contribution in [2.45, 2.75) is 19.0 Å². The molecule has 1 aromatic carbocycles. The van der Waals surface area contributed by atoms with Crippen molar-refractivity contribution in [1.82, 2.24) is 20.0 Å². The number of rotatable bonds is 6.